The Morgan fingerprint density at radius 1 is 1.44 bits per heavy atom. The highest BCUT2D eigenvalue weighted by molar-refractivity contribution is 5.79. The number of carbonyl (C=O) groups excluding carboxylic acids is 1. The summed E-state index contributed by atoms with van der Waals surface area (Å²) in [6.07, 6.45) is 3.68. The SMILES string of the molecule is CCN(CCNC(=O)C1CCNC1)C1CC1. The van der Waals surface area contributed by atoms with Gasteiger partial charge in [-0.05, 0) is 32.4 Å². The van der Waals surface area contributed by atoms with Gasteiger partial charge in [0.15, 0.2) is 0 Å². The Morgan fingerprint density at radius 3 is 2.81 bits per heavy atom. The molecule has 2 N–H and O–H groups in total. The smallest absolute Gasteiger partial charge is 0.224 e. The second-order valence-corrected chi connectivity index (χ2v) is 4.84. The molecule has 1 saturated heterocycles. The van der Waals surface area contributed by atoms with E-state index in [4.69, 9.17) is 0 Å². The second-order valence-electron chi connectivity index (χ2n) is 4.84. The van der Waals surface area contributed by atoms with Crippen LogP contribution in [0.5, 0.6) is 0 Å². The minimum Gasteiger partial charge on any atom is -0.355 e. The highest BCUT2D eigenvalue weighted by Gasteiger charge is 2.27. The molecule has 4 nitrogen and oxygen atoms in total. The van der Waals surface area contributed by atoms with Crippen molar-refractivity contribution in [2.24, 2.45) is 5.92 Å². The van der Waals surface area contributed by atoms with Gasteiger partial charge in [-0.15, -0.1) is 0 Å². The molecule has 0 aromatic heterocycles. The molecule has 0 aromatic rings. The van der Waals surface area contributed by atoms with Gasteiger partial charge in [0.25, 0.3) is 0 Å². The van der Waals surface area contributed by atoms with E-state index in [0.717, 1.165) is 45.2 Å². The van der Waals surface area contributed by atoms with Gasteiger partial charge < -0.3 is 10.6 Å². The van der Waals surface area contributed by atoms with E-state index < -0.39 is 0 Å². The molecule has 1 saturated carbocycles. The molecule has 1 aliphatic heterocycles. The molecule has 1 heterocycles. The molecule has 1 aliphatic carbocycles. The highest BCUT2D eigenvalue weighted by atomic mass is 16.1. The van der Waals surface area contributed by atoms with Crippen LogP contribution in [0, 0.1) is 5.92 Å². The summed E-state index contributed by atoms with van der Waals surface area (Å²) < 4.78 is 0. The van der Waals surface area contributed by atoms with Gasteiger partial charge in [-0.1, -0.05) is 6.92 Å². The lowest BCUT2D eigenvalue weighted by Gasteiger charge is -2.20. The van der Waals surface area contributed by atoms with Gasteiger partial charge in [-0.25, -0.2) is 0 Å². The van der Waals surface area contributed by atoms with Crippen LogP contribution in [0.4, 0.5) is 0 Å². The first-order valence-corrected chi connectivity index (χ1v) is 6.53. The first-order chi connectivity index (χ1) is 7.81. The predicted molar refractivity (Wildman–Crippen MR) is 64.3 cm³/mol. The quantitative estimate of drug-likeness (QED) is 0.678. The largest absolute Gasteiger partial charge is 0.355 e. The number of likely N-dealkylation sites (N-methyl/N-ethyl adjacent to an activating group) is 1. The number of hydrogen-bond acceptors (Lipinski definition) is 3. The van der Waals surface area contributed by atoms with Crippen LogP contribution >= 0.6 is 0 Å². The molecule has 0 aromatic carbocycles. The summed E-state index contributed by atoms with van der Waals surface area (Å²) in [7, 11) is 0. The normalized spacial score (nSPS) is 25.0. The van der Waals surface area contributed by atoms with Crippen molar-refractivity contribution in [2.75, 3.05) is 32.7 Å². The third-order valence-electron chi connectivity index (χ3n) is 3.60. The molecule has 2 aliphatic rings. The lowest BCUT2D eigenvalue weighted by atomic mass is 10.1. The molecular formula is C12H23N3O. The number of nitrogens with zero attached hydrogens (tertiary/aromatic N) is 1. The first-order valence-electron chi connectivity index (χ1n) is 6.53. The van der Waals surface area contributed by atoms with Crippen LogP contribution < -0.4 is 10.6 Å². The van der Waals surface area contributed by atoms with E-state index in [2.05, 4.69) is 22.5 Å². The summed E-state index contributed by atoms with van der Waals surface area (Å²) in [4.78, 5) is 14.2. The van der Waals surface area contributed by atoms with Crippen LogP contribution in [0.1, 0.15) is 26.2 Å². The standard InChI is InChI=1S/C12H23N3O/c1-2-15(11-3-4-11)8-7-14-12(16)10-5-6-13-9-10/h10-11,13H,2-9H2,1H3,(H,14,16). The summed E-state index contributed by atoms with van der Waals surface area (Å²) in [6.45, 7) is 6.95. The minimum atomic E-state index is 0.205. The average molecular weight is 225 g/mol. The van der Waals surface area contributed by atoms with Gasteiger partial charge in [0.2, 0.25) is 5.91 Å². The van der Waals surface area contributed by atoms with Crippen molar-refractivity contribution in [3.8, 4) is 0 Å². The van der Waals surface area contributed by atoms with Crippen LogP contribution in [-0.2, 0) is 4.79 Å². The lowest BCUT2D eigenvalue weighted by Crippen LogP contribution is -2.39. The third kappa shape index (κ3) is 3.19. The molecule has 92 valence electrons. The fraction of sp³-hybridized carbons (Fsp3) is 0.917. The topological polar surface area (TPSA) is 44.4 Å². The fourth-order valence-electron chi connectivity index (χ4n) is 2.38. The van der Waals surface area contributed by atoms with E-state index in [9.17, 15) is 4.79 Å². The molecule has 2 rings (SSSR count). The highest BCUT2D eigenvalue weighted by Crippen LogP contribution is 2.25. The van der Waals surface area contributed by atoms with Crippen LogP contribution in [0.15, 0.2) is 0 Å². The third-order valence-corrected chi connectivity index (χ3v) is 3.60. The van der Waals surface area contributed by atoms with Gasteiger partial charge >= 0.3 is 0 Å². The maximum atomic E-state index is 11.7. The summed E-state index contributed by atoms with van der Waals surface area (Å²) in [5.41, 5.74) is 0. The minimum absolute atomic E-state index is 0.205. The Hall–Kier alpha value is -0.610. The van der Waals surface area contributed by atoms with Gasteiger partial charge in [-0.2, -0.15) is 0 Å². The van der Waals surface area contributed by atoms with Crippen LogP contribution in [0.25, 0.3) is 0 Å². The van der Waals surface area contributed by atoms with Crippen molar-refractivity contribution in [1.29, 1.82) is 0 Å². The first kappa shape index (κ1) is 11.9. The summed E-state index contributed by atoms with van der Waals surface area (Å²) in [5.74, 6) is 0.438. The zero-order valence-electron chi connectivity index (χ0n) is 10.2. The van der Waals surface area contributed by atoms with Crippen molar-refractivity contribution in [3.63, 3.8) is 0 Å². The van der Waals surface area contributed by atoms with E-state index in [1.54, 1.807) is 0 Å². The number of rotatable bonds is 6. The Balaban J connectivity index is 1.60. The van der Waals surface area contributed by atoms with E-state index in [-0.39, 0.29) is 11.8 Å². The number of carbonyl (C=O) groups is 1. The molecule has 1 amide bonds. The molecule has 16 heavy (non-hydrogen) atoms. The predicted octanol–water partition coefficient (Wildman–Crippen LogP) is 0.196. The van der Waals surface area contributed by atoms with Gasteiger partial charge in [0, 0.05) is 25.7 Å². The van der Waals surface area contributed by atoms with Gasteiger partial charge in [-0.3, -0.25) is 9.69 Å². The van der Waals surface area contributed by atoms with E-state index >= 15 is 0 Å². The van der Waals surface area contributed by atoms with E-state index in [1.165, 1.54) is 12.8 Å². The van der Waals surface area contributed by atoms with Crippen molar-refractivity contribution in [2.45, 2.75) is 32.2 Å². The zero-order valence-corrected chi connectivity index (χ0v) is 10.2. The summed E-state index contributed by atoms with van der Waals surface area (Å²) >= 11 is 0. The van der Waals surface area contributed by atoms with Crippen LogP contribution in [0.2, 0.25) is 0 Å². The van der Waals surface area contributed by atoms with Crippen molar-refractivity contribution in [3.05, 3.63) is 0 Å². The molecule has 1 atom stereocenters. The Kier molecular flexibility index (Phi) is 4.18. The maximum absolute atomic E-state index is 11.7. The van der Waals surface area contributed by atoms with Crippen molar-refractivity contribution >= 4 is 5.91 Å². The Bertz CT molecular complexity index is 234. The molecule has 0 radical (unpaired) electrons. The van der Waals surface area contributed by atoms with Crippen molar-refractivity contribution in [1.82, 2.24) is 15.5 Å². The van der Waals surface area contributed by atoms with Crippen molar-refractivity contribution < 1.29 is 4.79 Å². The summed E-state index contributed by atoms with van der Waals surface area (Å²) in [6, 6.07) is 0.801. The van der Waals surface area contributed by atoms with Gasteiger partial charge in [0.05, 0.1) is 5.92 Å². The second kappa shape index (κ2) is 5.64. The number of nitrogens with one attached hydrogen (secondary N) is 2. The Labute approximate surface area is 97.8 Å². The molecule has 2 fully saturated rings. The fourth-order valence-corrected chi connectivity index (χ4v) is 2.38. The zero-order chi connectivity index (χ0) is 11.4. The monoisotopic (exact) mass is 225 g/mol. The number of amides is 1. The van der Waals surface area contributed by atoms with Crippen LogP contribution in [-0.4, -0.2) is 49.6 Å². The molecule has 0 bridgehead atoms. The Morgan fingerprint density at radius 2 is 2.25 bits per heavy atom. The van der Waals surface area contributed by atoms with E-state index in [1.807, 2.05) is 0 Å². The maximum Gasteiger partial charge on any atom is 0.224 e. The lowest BCUT2D eigenvalue weighted by molar-refractivity contribution is -0.124. The molecular weight excluding hydrogens is 202 g/mol. The van der Waals surface area contributed by atoms with Gasteiger partial charge in [0.1, 0.15) is 0 Å². The summed E-state index contributed by atoms with van der Waals surface area (Å²) in [5, 5.41) is 6.27. The molecule has 4 heteroatoms. The molecule has 1 unspecified atom stereocenters. The number of hydrogen-bond donors (Lipinski definition) is 2. The van der Waals surface area contributed by atoms with E-state index in [0.29, 0.717) is 0 Å². The van der Waals surface area contributed by atoms with Crippen LogP contribution in [0.3, 0.4) is 0 Å². The molecule has 0 spiro atoms. The average Bonchev–Trinajstić information content (AvgIpc) is 2.97.